The molecule has 1 amide bonds. The number of hydrogen-bond acceptors (Lipinski definition) is 8. The third-order valence-corrected chi connectivity index (χ3v) is 8.17. The van der Waals surface area contributed by atoms with E-state index < -0.39 is 0 Å². The van der Waals surface area contributed by atoms with Crippen molar-refractivity contribution in [2.24, 2.45) is 5.41 Å². The van der Waals surface area contributed by atoms with Gasteiger partial charge in [-0.25, -0.2) is 0 Å². The fraction of sp³-hybridized carbons (Fsp3) is 0.318. The van der Waals surface area contributed by atoms with Gasteiger partial charge in [0, 0.05) is 5.41 Å². The minimum atomic E-state index is -0.341. The average molecular weight is 518 g/mol. The van der Waals surface area contributed by atoms with Crippen LogP contribution in [-0.2, 0) is 4.79 Å². The summed E-state index contributed by atoms with van der Waals surface area (Å²) >= 11 is 13.6. The van der Waals surface area contributed by atoms with Gasteiger partial charge in [0.2, 0.25) is 5.91 Å². The largest absolute Gasteiger partial charge is 0.506 e. The van der Waals surface area contributed by atoms with Gasteiger partial charge in [-0.1, -0.05) is 72.9 Å². The molecule has 1 aromatic carbocycles. The number of carbonyl (C=O) groups excluding carboxylic acids is 1. The van der Waals surface area contributed by atoms with Gasteiger partial charge in [0.15, 0.2) is 0 Å². The first kappa shape index (κ1) is 26.5. The summed E-state index contributed by atoms with van der Waals surface area (Å²) in [6.07, 6.45) is 5.13. The number of amides is 1. The van der Waals surface area contributed by atoms with Gasteiger partial charge in [-0.15, -0.1) is 0 Å². The van der Waals surface area contributed by atoms with Crippen LogP contribution in [0.2, 0.25) is 10.0 Å². The molecule has 1 aliphatic carbocycles. The van der Waals surface area contributed by atoms with Crippen LogP contribution in [0.25, 0.3) is 0 Å². The third kappa shape index (κ3) is 6.38. The molecule has 0 saturated heterocycles. The SMILES string of the molecule is CC1(C(=O)Nc2ccc(O)c(Cl)c2Cl)CCCCC1.N#CC1=C(C#N)SC(C#N)=C(C#N)S1. The molecule has 168 valence electrons. The zero-order chi connectivity index (χ0) is 24.6. The molecule has 0 aromatic heterocycles. The van der Waals surface area contributed by atoms with Crippen LogP contribution in [0.15, 0.2) is 31.8 Å². The number of anilines is 1. The molecule has 33 heavy (non-hydrogen) atoms. The number of nitrogens with zero attached hydrogens (tertiary/aromatic N) is 4. The van der Waals surface area contributed by atoms with Gasteiger partial charge < -0.3 is 10.4 Å². The van der Waals surface area contributed by atoms with Crippen molar-refractivity contribution in [2.75, 3.05) is 5.32 Å². The molecule has 2 aliphatic rings. The Morgan fingerprint density at radius 2 is 1.36 bits per heavy atom. The number of aromatic hydroxyl groups is 1. The summed E-state index contributed by atoms with van der Waals surface area (Å²) in [5.74, 6) is -0.121. The van der Waals surface area contributed by atoms with E-state index in [-0.39, 0.29) is 46.7 Å². The summed E-state index contributed by atoms with van der Waals surface area (Å²) < 4.78 is 0. The maximum atomic E-state index is 12.4. The molecule has 0 spiro atoms. The lowest BCUT2D eigenvalue weighted by Crippen LogP contribution is -2.35. The van der Waals surface area contributed by atoms with Gasteiger partial charge in [0.25, 0.3) is 0 Å². The minimum absolute atomic E-state index is 0.0316. The number of halogens is 2. The molecule has 2 N–H and O–H groups in total. The Labute approximate surface area is 210 Å². The summed E-state index contributed by atoms with van der Waals surface area (Å²) in [6, 6.07) is 10.3. The number of benzene rings is 1. The number of allylic oxidation sites excluding steroid dienone is 4. The normalized spacial score (nSPS) is 16.8. The number of phenols is 1. The molecule has 0 radical (unpaired) electrons. The molecule has 1 saturated carbocycles. The van der Waals surface area contributed by atoms with Gasteiger partial charge in [-0.05, 0) is 25.0 Å². The number of thioether (sulfide) groups is 2. The van der Waals surface area contributed by atoms with Crippen molar-refractivity contribution in [2.45, 2.75) is 39.0 Å². The number of carbonyl (C=O) groups is 1. The standard InChI is InChI=1S/C14H17Cl2NO2.C8N4S2/c1-14(7-3-2-4-8-14)13(19)17-9-5-6-10(18)12(16)11(9)15;9-1-5-6(2-10)14-8(4-12)7(3-11)13-5/h5-6,18H,2-4,7-8H2,1H3,(H,17,19);. The van der Waals surface area contributed by atoms with Gasteiger partial charge >= 0.3 is 0 Å². The second-order valence-corrected chi connectivity index (χ2v) is 10.1. The highest BCUT2D eigenvalue weighted by atomic mass is 35.5. The van der Waals surface area contributed by atoms with E-state index in [1.54, 1.807) is 6.07 Å². The Bertz CT molecular complexity index is 1100. The summed E-state index contributed by atoms with van der Waals surface area (Å²) in [6.45, 7) is 1.98. The Hall–Kier alpha value is -2.79. The molecule has 0 atom stereocenters. The zero-order valence-electron chi connectivity index (χ0n) is 17.4. The number of hydrogen-bond donors (Lipinski definition) is 2. The van der Waals surface area contributed by atoms with E-state index >= 15 is 0 Å². The van der Waals surface area contributed by atoms with Crippen molar-refractivity contribution in [1.82, 2.24) is 0 Å². The molecule has 0 bridgehead atoms. The summed E-state index contributed by atoms with van der Waals surface area (Å²) in [5.41, 5.74) is 0.104. The first-order valence-electron chi connectivity index (χ1n) is 9.63. The van der Waals surface area contributed by atoms with E-state index in [4.69, 9.17) is 44.2 Å². The van der Waals surface area contributed by atoms with Crippen molar-refractivity contribution in [3.05, 3.63) is 41.8 Å². The van der Waals surface area contributed by atoms with Crippen LogP contribution < -0.4 is 5.32 Å². The molecule has 7 nitrogen and oxygen atoms in total. The maximum Gasteiger partial charge on any atom is 0.230 e. The Morgan fingerprint density at radius 3 is 1.79 bits per heavy atom. The molecule has 0 unspecified atom stereocenters. The zero-order valence-corrected chi connectivity index (χ0v) is 20.6. The summed E-state index contributed by atoms with van der Waals surface area (Å²) in [7, 11) is 0. The highest BCUT2D eigenvalue weighted by Gasteiger charge is 2.34. The van der Waals surface area contributed by atoms with Gasteiger partial charge in [-0.3, -0.25) is 4.79 Å². The van der Waals surface area contributed by atoms with Crippen LogP contribution in [0.4, 0.5) is 5.69 Å². The number of nitrogens with one attached hydrogen (secondary N) is 1. The first-order chi connectivity index (χ1) is 15.7. The van der Waals surface area contributed by atoms with Gasteiger partial charge in [-0.2, -0.15) is 21.0 Å². The molecule has 1 heterocycles. The second-order valence-electron chi connectivity index (χ2n) is 7.30. The number of nitriles is 4. The lowest BCUT2D eigenvalue weighted by atomic mass is 9.75. The van der Waals surface area contributed by atoms with Crippen molar-refractivity contribution in [1.29, 1.82) is 21.0 Å². The van der Waals surface area contributed by atoms with Crippen molar-refractivity contribution in [3.63, 3.8) is 0 Å². The smallest absolute Gasteiger partial charge is 0.230 e. The molecule has 1 aliphatic heterocycles. The number of rotatable bonds is 2. The van der Waals surface area contributed by atoms with Crippen molar-refractivity contribution in [3.8, 4) is 30.0 Å². The van der Waals surface area contributed by atoms with Crippen LogP contribution in [0, 0.1) is 50.7 Å². The van der Waals surface area contributed by atoms with E-state index in [9.17, 15) is 9.90 Å². The highest BCUT2D eigenvalue weighted by Crippen LogP contribution is 2.44. The lowest BCUT2D eigenvalue weighted by Gasteiger charge is -2.32. The first-order valence-corrected chi connectivity index (χ1v) is 12.0. The minimum Gasteiger partial charge on any atom is -0.506 e. The van der Waals surface area contributed by atoms with E-state index in [1.165, 1.54) is 12.5 Å². The van der Waals surface area contributed by atoms with Gasteiger partial charge in [0.05, 0.1) is 10.7 Å². The Kier molecular flexibility index (Phi) is 9.54. The van der Waals surface area contributed by atoms with Crippen LogP contribution in [0.1, 0.15) is 39.0 Å². The van der Waals surface area contributed by atoms with Crippen LogP contribution >= 0.6 is 46.7 Å². The Morgan fingerprint density at radius 1 is 0.909 bits per heavy atom. The monoisotopic (exact) mass is 517 g/mol. The van der Waals surface area contributed by atoms with Crippen LogP contribution in [-0.4, -0.2) is 11.0 Å². The predicted octanol–water partition coefficient (Wildman–Crippen LogP) is 6.59. The molecule has 1 aromatic rings. The molecule has 11 heteroatoms. The molecular formula is C22H17Cl2N5O2S2. The summed E-state index contributed by atoms with van der Waals surface area (Å²) in [5, 5.41) is 47.1. The topological polar surface area (TPSA) is 144 Å². The maximum absolute atomic E-state index is 12.4. The van der Waals surface area contributed by atoms with Crippen LogP contribution in [0.5, 0.6) is 5.75 Å². The van der Waals surface area contributed by atoms with E-state index in [0.717, 1.165) is 49.2 Å². The molecule has 1 fully saturated rings. The number of phenolic OH excluding ortho intramolecular Hbond substituents is 1. The molecular weight excluding hydrogens is 501 g/mol. The third-order valence-electron chi connectivity index (χ3n) is 5.04. The van der Waals surface area contributed by atoms with E-state index in [2.05, 4.69) is 5.32 Å². The van der Waals surface area contributed by atoms with Crippen molar-refractivity contribution >= 4 is 58.3 Å². The fourth-order valence-electron chi connectivity index (χ4n) is 3.15. The van der Waals surface area contributed by atoms with E-state index in [0.29, 0.717) is 5.69 Å². The van der Waals surface area contributed by atoms with Gasteiger partial charge in [0.1, 0.15) is 54.7 Å². The lowest BCUT2D eigenvalue weighted by molar-refractivity contribution is -0.126. The molecule has 3 rings (SSSR count). The quantitative estimate of drug-likeness (QED) is 0.417. The highest BCUT2D eigenvalue weighted by molar-refractivity contribution is 8.14. The Balaban J connectivity index is 0.000000245. The van der Waals surface area contributed by atoms with E-state index in [1.807, 2.05) is 31.2 Å². The van der Waals surface area contributed by atoms with Crippen LogP contribution in [0.3, 0.4) is 0 Å². The summed E-state index contributed by atoms with van der Waals surface area (Å²) in [4.78, 5) is 13.1. The predicted molar refractivity (Wildman–Crippen MR) is 130 cm³/mol. The second kappa shape index (κ2) is 11.9. The van der Waals surface area contributed by atoms with Crippen molar-refractivity contribution < 1.29 is 9.90 Å². The fourth-order valence-corrected chi connectivity index (χ4v) is 5.17. The average Bonchev–Trinajstić information content (AvgIpc) is 2.84.